The molecule has 0 aliphatic heterocycles. The van der Waals surface area contributed by atoms with Crippen molar-refractivity contribution in [3.63, 3.8) is 0 Å². The first kappa shape index (κ1) is 12.0. The van der Waals surface area contributed by atoms with Gasteiger partial charge in [-0.3, -0.25) is 0 Å². The molecule has 0 heterocycles. The Bertz CT molecular complexity index is 326. The zero-order valence-electron chi connectivity index (χ0n) is 8.53. The Kier molecular flexibility index (Phi) is 5.15. The SMILES string of the molecule is Cc1cc(Cl)ccc1OCCOCC=O. The largest absolute Gasteiger partial charge is 0.491 e. The zero-order valence-corrected chi connectivity index (χ0v) is 9.29. The van der Waals surface area contributed by atoms with Crippen LogP contribution >= 0.6 is 11.6 Å². The normalized spacial score (nSPS) is 10.0. The van der Waals surface area contributed by atoms with Crippen LogP contribution in [0.5, 0.6) is 5.75 Å². The molecular weight excluding hydrogens is 216 g/mol. The second-order valence-corrected chi connectivity index (χ2v) is 3.44. The van der Waals surface area contributed by atoms with E-state index in [-0.39, 0.29) is 6.61 Å². The van der Waals surface area contributed by atoms with Crippen molar-refractivity contribution < 1.29 is 14.3 Å². The van der Waals surface area contributed by atoms with Crippen molar-refractivity contribution >= 4 is 17.9 Å². The van der Waals surface area contributed by atoms with Gasteiger partial charge >= 0.3 is 0 Å². The number of carbonyl (C=O) groups excluding carboxylic acids is 1. The van der Waals surface area contributed by atoms with Gasteiger partial charge in [-0.25, -0.2) is 0 Å². The number of aryl methyl sites for hydroxylation is 1. The fourth-order valence-electron chi connectivity index (χ4n) is 1.12. The lowest BCUT2D eigenvalue weighted by atomic mass is 10.2. The van der Waals surface area contributed by atoms with Crippen LogP contribution in [0.25, 0.3) is 0 Å². The lowest BCUT2D eigenvalue weighted by molar-refractivity contribution is -0.112. The highest BCUT2D eigenvalue weighted by Crippen LogP contribution is 2.21. The molecule has 0 aliphatic carbocycles. The van der Waals surface area contributed by atoms with Crippen molar-refractivity contribution in [3.05, 3.63) is 28.8 Å². The molecule has 0 atom stereocenters. The minimum atomic E-state index is 0.114. The highest BCUT2D eigenvalue weighted by molar-refractivity contribution is 6.30. The molecule has 0 amide bonds. The molecule has 0 fully saturated rings. The third-order valence-electron chi connectivity index (χ3n) is 1.81. The molecule has 3 nitrogen and oxygen atoms in total. The number of aldehydes is 1. The number of rotatable bonds is 6. The minimum Gasteiger partial charge on any atom is -0.491 e. The Labute approximate surface area is 93.9 Å². The van der Waals surface area contributed by atoms with Crippen molar-refractivity contribution in [3.8, 4) is 5.75 Å². The maximum absolute atomic E-state index is 9.95. The summed E-state index contributed by atoms with van der Waals surface area (Å²) in [4.78, 5) is 9.95. The molecule has 0 bridgehead atoms. The Balaban J connectivity index is 2.34. The summed E-state index contributed by atoms with van der Waals surface area (Å²) in [6.45, 7) is 2.87. The number of benzene rings is 1. The molecule has 1 aromatic carbocycles. The first-order valence-electron chi connectivity index (χ1n) is 4.64. The van der Waals surface area contributed by atoms with E-state index in [0.29, 0.717) is 24.5 Å². The second kappa shape index (κ2) is 6.43. The average Bonchev–Trinajstić information content (AvgIpc) is 2.20. The fraction of sp³-hybridized carbons (Fsp3) is 0.364. The van der Waals surface area contributed by atoms with E-state index in [1.165, 1.54) is 0 Å². The second-order valence-electron chi connectivity index (χ2n) is 3.00. The van der Waals surface area contributed by atoms with Gasteiger partial charge < -0.3 is 14.3 Å². The van der Waals surface area contributed by atoms with Gasteiger partial charge in [-0.05, 0) is 30.7 Å². The van der Waals surface area contributed by atoms with E-state index < -0.39 is 0 Å². The Morgan fingerprint density at radius 2 is 2.20 bits per heavy atom. The third kappa shape index (κ3) is 4.32. The van der Waals surface area contributed by atoms with E-state index in [9.17, 15) is 4.79 Å². The Hall–Kier alpha value is -1.06. The number of halogens is 1. The van der Waals surface area contributed by atoms with Gasteiger partial charge in [-0.15, -0.1) is 0 Å². The molecule has 0 radical (unpaired) electrons. The van der Waals surface area contributed by atoms with Crippen molar-refractivity contribution in [1.29, 1.82) is 0 Å². The Morgan fingerprint density at radius 1 is 1.40 bits per heavy atom. The van der Waals surface area contributed by atoms with E-state index in [1.54, 1.807) is 6.07 Å². The molecule has 1 aromatic rings. The van der Waals surface area contributed by atoms with Gasteiger partial charge in [0.15, 0.2) is 0 Å². The number of hydrogen-bond acceptors (Lipinski definition) is 3. The standard InChI is InChI=1S/C11H13ClO3/c1-9-8-10(12)2-3-11(9)15-7-6-14-5-4-13/h2-4,8H,5-7H2,1H3. The van der Waals surface area contributed by atoms with Crippen LogP contribution in [0, 0.1) is 6.92 Å². The van der Waals surface area contributed by atoms with Crippen LogP contribution in [0.3, 0.4) is 0 Å². The van der Waals surface area contributed by atoms with Gasteiger partial charge in [0.2, 0.25) is 0 Å². The van der Waals surface area contributed by atoms with Gasteiger partial charge in [0, 0.05) is 5.02 Å². The molecule has 4 heteroatoms. The molecule has 0 aromatic heterocycles. The highest BCUT2D eigenvalue weighted by Gasteiger charge is 1.99. The summed E-state index contributed by atoms with van der Waals surface area (Å²) >= 11 is 5.80. The molecule has 0 spiro atoms. The smallest absolute Gasteiger partial charge is 0.145 e. The van der Waals surface area contributed by atoms with E-state index in [2.05, 4.69) is 0 Å². The van der Waals surface area contributed by atoms with Gasteiger partial charge in [0.25, 0.3) is 0 Å². The summed E-state index contributed by atoms with van der Waals surface area (Å²) in [5, 5.41) is 0.692. The predicted molar refractivity (Wildman–Crippen MR) is 58.6 cm³/mol. The quantitative estimate of drug-likeness (QED) is 0.553. The van der Waals surface area contributed by atoms with Crippen molar-refractivity contribution in [2.24, 2.45) is 0 Å². The molecular formula is C11H13ClO3. The summed E-state index contributed by atoms with van der Waals surface area (Å²) in [6.07, 6.45) is 0.716. The van der Waals surface area contributed by atoms with Gasteiger partial charge in [0.05, 0.1) is 6.61 Å². The van der Waals surface area contributed by atoms with E-state index in [0.717, 1.165) is 11.3 Å². The summed E-state index contributed by atoms with van der Waals surface area (Å²) in [5.74, 6) is 0.786. The predicted octanol–water partition coefficient (Wildman–Crippen LogP) is 2.24. The maximum atomic E-state index is 9.95. The fourth-order valence-corrected chi connectivity index (χ4v) is 1.34. The highest BCUT2D eigenvalue weighted by atomic mass is 35.5. The summed E-state index contributed by atoms with van der Waals surface area (Å²) in [7, 11) is 0. The van der Waals surface area contributed by atoms with E-state index in [4.69, 9.17) is 21.1 Å². The maximum Gasteiger partial charge on any atom is 0.145 e. The number of ether oxygens (including phenoxy) is 2. The van der Waals surface area contributed by atoms with Crippen LogP contribution < -0.4 is 4.74 Å². The Morgan fingerprint density at radius 3 is 2.87 bits per heavy atom. The van der Waals surface area contributed by atoms with E-state index >= 15 is 0 Å². The van der Waals surface area contributed by atoms with Crippen molar-refractivity contribution in [2.75, 3.05) is 19.8 Å². The molecule has 82 valence electrons. The first-order chi connectivity index (χ1) is 7.24. The molecule has 0 aliphatic rings. The van der Waals surface area contributed by atoms with Gasteiger partial charge in [0.1, 0.15) is 25.2 Å². The molecule has 15 heavy (non-hydrogen) atoms. The van der Waals surface area contributed by atoms with E-state index in [1.807, 2.05) is 19.1 Å². The van der Waals surface area contributed by atoms with Crippen LogP contribution in [0.2, 0.25) is 5.02 Å². The monoisotopic (exact) mass is 228 g/mol. The average molecular weight is 229 g/mol. The molecule has 1 rings (SSSR count). The molecule has 0 saturated carbocycles. The van der Waals surface area contributed by atoms with Gasteiger partial charge in [-0.1, -0.05) is 11.6 Å². The third-order valence-corrected chi connectivity index (χ3v) is 2.04. The lowest BCUT2D eigenvalue weighted by Crippen LogP contribution is -2.08. The minimum absolute atomic E-state index is 0.114. The van der Waals surface area contributed by atoms with Crippen LogP contribution in [0.15, 0.2) is 18.2 Å². The summed E-state index contributed by atoms with van der Waals surface area (Å²) in [6, 6.07) is 5.43. The van der Waals surface area contributed by atoms with Crippen LogP contribution in [-0.2, 0) is 9.53 Å². The number of hydrogen-bond donors (Lipinski definition) is 0. The lowest BCUT2D eigenvalue weighted by Gasteiger charge is -2.08. The molecule has 0 saturated heterocycles. The van der Waals surface area contributed by atoms with Crippen molar-refractivity contribution in [2.45, 2.75) is 6.92 Å². The van der Waals surface area contributed by atoms with Crippen LogP contribution in [0.1, 0.15) is 5.56 Å². The summed E-state index contributed by atoms with van der Waals surface area (Å²) < 4.78 is 10.4. The van der Waals surface area contributed by atoms with Crippen LogP contribution in [-0.4, -0.2) is 26.1 Å². The van der Waals surface area contributed by atoms with Crippen LogP contribution in [0.4, 0.5) is 0 Å². The van der Waals surface area contributed by atoms with Gasteiger partial charge in [-0.2, -0.15) is 0 Å². The molecule has 0 unspecified atom stereocenters. The number of carbonyl (C=O) groups is 1. The summed E-state index contributed by atoms with van der Waals surface area (Å²) in [5.41, 5.74) is 0.984. The molecule has 0 N–H and O–H groups in total. The van der Waals surface area contributed by atoms with Crippen molar-refractivity contribution in [1.82, 2.24) is 0 Å². The zero-order chi connectivity index (χ0) is 11.1. The first-order valence-corrected chi connectivity index (χ1v) is 5.02. The topological polar surface area (TPSA) is 35.5 Å².